The Bertz CT molecular complexity index is 1150. The molecule has 1 aromatic carbocycles. The second-order valence-corrected chi connectivity index (χ2v) is 10.0. The maximum Gasteiger partial charge on any atom is 0.229 e. The van der Waals surface area contributed by atoms with Crippen molar-refractivity contribution in [3.8, 4) is 0 Å². The molecule has 39 heavy (non-hydrogen) atoms. The van der Waals surface area contributed by atoms with Gasteiger partial charge in [-0.15, -0.1) is 0 Å². The molecule has 0 aliphatic carbocycles. The number of amides is 2. The number of pyridine rings is 1. The van der Waals surface area contributed by atoms with Gasteiger partial charge in [0.05, 0.1) is 18.3 Å². The normalized spacial score (nSPS) is 17.4. The molecule has 1 fully saturated rings. The highest BCUT2D eigenvalue weighted by molar-refractivity contribution is 5.91. The van der Waals surface area contributed by atoms with Crippen LogP contribution in [-0.2, 0) is 16.0 Å². The average molecular weight is 531 g/mol. The summed E-state index contributed by atoms with van der Waals surface area (Å²) in [5.41, 5.74) is 5.45. The van der Waals surface area contributed by atoms with Crippen LogP contribution in [0.5, 0.6) is 0 Å². The number of benzene rings is 1. The summed E-state index contributed by atoms with van der Waals surface area (Å²) in [7, 11) is 0. The molecular formula is C33H46N4O2. The summed E-state index contributed by atoms with van der Waals surface area (Å²) in [4.78, 5) is 33.2. The van der Waals surface area contributed by atoms with Crippen molar-refractivity contribution >= 4 is 28.9 Å². The third-order valence-corrected chi connectivity index (χ3v) is 6.41. The zero-order valence-corrected chi connectivity index (χ0v) is 25.0. The largest absolute Gasteiger partial charge is 0.366 e. The van der Waals surface area contributed by atoms with E-state index in [1.807, 2.05) is 43.0 Å². The fourth-order valence-corrected chi connectivity index (χ4v) is 4.84. The first-order chi connectivity index (χ1) is 18.7. The van der Waals surface area contributed by atoms with Crippen LogP contribution in [0.3, 0.4) is 0 Å². The summed E-state index contributed by atoms with van der Waals surface area (Å²) >= 11 is 0. The Balaban J connectivity index is 0.00000260. The van der Waals surface area contributed by atoms with Crippen molar-refractivity contribution in [2.75, 3.05) is 23.3 Å². The van der Waals surface area contributed by atoms with Crippen LogP contribution in [0.15, 0.2) is 72.5 Å². The third-order valence-electron chi connectivity index (χ3n) is 6.41. The van der Waals surface area contributed by atoms with Gasteiger partial charge in [-0.25, -0.2) is 4.98 Å². The zero-order valence-electron chi connectivity index (χ0n) is 25.0. The van der Waals surface area contributed by atoms with Crippen LogP contribution in [0.1, 0.15) is 72.9 Å². The summed E-state index contributed by atoms with van der Waals surface area (Å²) in [6.07, 6.45) is 11.6. The van der Waals surface area contributed by atoms with E-state index in [1.54, 1.807) is 13.1 Å². The van der Waals surface area contributed by atoms with E-state index in [0.29, 0.717) is 5.82 Å². The van der Waals surface area contributed by atoms with Gasteiger partial charge >= 0.3 is 0 Å². The Kier molecular flexibility index (Phi) is 12.7. The van der Waals surface area contributed by atoms with Gasteiger partial charge in [0, 0.05) is 32.1 Å². The van der Waals surface area contributed by atoms with Gasteiger partial charge in [-0.2, -0.15) is 0 Å². The van der Waals surface area contributed by atoms with Gasteiger partial charge in [-0.1, -0.05) is 74.9 Å². The van der Waals surface area contributed by atoms with Crippen molar-refractivity contribution in [1.29, 1.82) is 0 Å². The number of carbonyl (C=O) groups is 2. The van der Waals surface area contributed by atoms with E-state index in [9.17, 15) is 9.59 Å². The number of hydrogen-bond acceptors (Lipinski definition) is 4. The smallest absolute Gasteiger partial charge is 0.229 e. The van der Waals surface area contributed by atoms with Gasteiger partial charge < -0.3 is 15.1 Å². The molecule has 3 rings (SSSR count). The standard InChI is InChI=1S/C31H40N4O2.C2H6/c1-7-8-9-10-28(17-22(2)3)27-13-11-26(12-14-27)18-31(37)33-30-16-15-29(19-32-30)34-20-23(4)35(25(6)36)24(5)21-34;1-2/h8-17,19,23-24H,7,18,20-21H2,1-6H3,(H,32,33,37);1-2H3/b9-8+,28-10+;. The van der Waals surface area contributed by atoms with E-state index in [2.05, 4.69) is 86.3 Å². The third kappa shape index (κ3) is 9.54. The molecule has 2 heterocycles. The lowest BCUT2D eigenvalue weighted by Gasteiger charge is -2.45. The van der Waals surface area contributed by atoms with Gasteiger partial charge in [-0.3, -0.25) is 9.59 Å². The molecule has 0 bridgehead atoms. The van der Waals surface area contributed by atoms with Crippen LogP contribution >= 0.6 is 0 Å². The predicted octanol–water partition coefficient (Wildman–Crippen LogP) is 7.05. The Morgan fingerprint density at radius 1 is 1.00 bits per heavy atom. The summed E-state index contributed by atoms with van der Waals surface area (Å²) in [6, 6.07) is 12.2. The minimum absolute atomic E-state index is 0.101. The van der Waals surface area contributed by atoms with Crippen molar-refractivity contribution in [3.63, 3.8) is 0 Å². The monoisotopic (exact) mass is 530 g/mol. The van der Waals surface area contributed by atoms with Crippen molar-refractivity contribution in [2.45, 2.75) is 80.3 Å². The second kappa shape index (κ2) is 15.7. The van der Waals surface area contributed by atoms with Crippen LogP contribution in [0.4, 0.5) is 11.5 Å². The molecule has 2 amide bonds. The molecule has 2 aromatic rings. The second-order valence-electron chi connectivity index (χ2n) is 10.0. The van der Waals surface area contributed by atoms with E-state index in [1.165, 1.54) is 5.57 Å². The average Bonchev–Trinajstić information content (AvgIpc) is 2.89. The molecule has 2 atom stereocenters. The number of nitrogens with one attached hydrogen (secondary N) is 1. The predicted molar refractivity (Wildman–Crippen MR) is 165 cm³/mol. The summed E-state index contributed by atoms with van der Waals surface area (Å²) < 4.78 is 0. The Morgan fingerprint density at radius 3 is 2.15 bits per heavy atom. The van der Waals surface area contributed by atoms with Gasteiger partial charge in [0.2, 0.25) is 11.8 Å². The quantitative estimate of drug-likeness (QED) is 0.371. The number of rotatable bonds is 8. The highest BCUT2D eigenvalue weighted by atomic mass is 16.2. The number of piperazine rings is 1. The van der Waals surface area contributed by atoms with E-state index >= 15 is 0 Å². The molecule has 210 valence electrons. The first-order valence-corrected chi connectivity index (χ1v) is 14.1. The van der Waals surface area contributed by atoms with Gasteiger partial charge in [0.1, 0.15) is 5.82 Å². The van der Waals surface area contributed by atoms with Crippen LogP contribution in [-0.4, -0.2) is 46.9 Å². The van der Waals surface area contributed by atoms with E-state index in [0.717, 1.165) is 41.9 Å². The fourth-order valence-electron chi connectivity index (χ4n) is 4.84. The first kappa shape index (κ1) is 31.5. The number of allylic oxidation sites excluding steroid dienone is 6. The number of aromatic nitrogens is 1. The topological polar surface area (TPSA) is 65.5 Å². The van der Waals surface area contributed by atoms with Crippen molar-refractivity contribution in [3.05, 3.63) is 83.6 Å². The fraction of sp³-hybridized carbons (Fsp3) is 0.424. The molecule has 1 saturated heterocycles. The number of hydrogen-bond donors (Lipinski definition) is 1. The molecule has 6 nitrogen and oxygen atoms in total. The maximum atomic E-state index is 12.7. The zero-order chi connectivity index (χ0) is 28.9. The van der Waals surface area contributed by atoms with Crippen LogP contribution in [0.2, 0.25) is 0 Å². The first-order valence-electron chi connectivity index (χ1n) is 14.1. The van der Waals surface area contributed by atoms with Gasteiger partial charge in [0.15, 0.2) is 0 Å². The van der Waals surface area contributed by atoms with Crippen molar-refractivity contribution in [2.24, 2.45) is 0 Å². The highest BCUT2D eigenvalue weighted by Gasteiger charge is 2.31. The molecular weight excluding hydrogens is 484 g/mol. The summed E-state index contributed by atoms with van der Waals surface area (Å²) in [6.45, 7) is 17.6. The molecule has 1 aliphatic heterocycles. The molecule has 1 aromatic heterocycles. The van der Waals surface area contributed by atoms with Crippen LogP contribution < -0.4 is 10.2 Å². The van der Waals surface area contributed by atoms with Crippen LogP contribution in [0.25, 0.3) is 5.57 Å². The summed E-state index contributed by atoms with van der Waals surface area (Å²) in [5.74, 6) is 0.543. The van der Waals surface area contributed by atoms with Gasteiger partial charge in [-0.05, 0) is 62.9 Å². The molecule has 0 saturated carbocycles. The Labute approximate surface area is 235 Å². The van der Waals surface area contributed by atoms with Crippen molar-refractivity contribution in [1.82, 2.24) is 9.88 Å². The van der Waals surface area contributed by atoms with E-state index in [-0.39, 0.29) is 30.3 Å². The lowest BCUT2D eigenvalue weighted by atomic mass is 10.0. The lowest BCUT2D eigenvalue weighted by Crippen LogP contribution is -2.58. The Hall–Kier alpha value is -3.67. The molecule has 1 aliphatic rings. The van der Waals surface area contributed by atoms with Crippen LogP contribution in [0, 0.1) is 0 Å². The number of nitrogens with zero attached hydrogens (tertiary/aromatic N) is 3. The molecule has 0 spiro atoms. The van der Waals surface area contributed by atoms with Crippen molar-refractivity contribution < 1.29 is 9.59 Å². The molecule has 6 heteroatoms. The number of anilines is 2. The van der Waals surface area contributed by atoms with E-state index < -0.39 is 0 Å². The molecule has 0 radical (unpaired) electrons. The highest BCUT2D eigenvalue weighted by Crippen LogP contribution is 2.23. The Morgan fingerprint density at radius 2 is 1.64 bits per heavy atom. The molecule has 2 unspecified atom stereocenters. The maximum absolute atomic E-state index is 12.7. The minimum atomic E-state index is -0.101. The lowest BCUT2D eigenvalue weighted by molar-refractivity contribution is -0.133. The summed E-state index contributed by atoms with van der Waals surface area (Å²) in [5, 5.41) is 2.91. The number of carbonyl (C=O) groups excluding carboxylic acids is 2. The SMILES string of the molecule is CC.CC/C=C/C=C(\C=C(C)C)c1ccc(CC(=O)Nc2ccc(N3CC(C)N(C(C)=O)C(C)C3)cn2)cc1. The van der Waals surface area contributed by atoms with E-state index in [4.69, 9.17) is 0 Å². The minimum Gasteiger partial charge on any atom is -0.366 e. The van der Waals surface area contributed by atoms with Gasteiger partial charge in [0.25, 0.3) is 0 Å². The molecule has 1 N–H and O–H groups in total.